The van der Waals surface area contributed by atoms with Gasteiger partial charge in [0.25, 0.3) is 0 Å². The molecular formula is C16H23N5O3. The maximum absolute atomic E-state index is 12.0. The highest BCUT2D eigenvalue weighted by molar-refractivity contribution is 5.73. The van der Waals surface area contributed by atoms with Crippen molar-refractivity contribution in [2.24, 2.45) is 0 Å². The maximum atomic E-state index is 12.0. The standard InChI is InChI=1S/C16H23N5O3/c1-11-9-13(23-19-11)10-21(2)16(22)17-8-7-14-18-15(24-20-14)12-5-3-4-6-12/h9,12H,3-8,10H2,1-2H3,(H,17,22). The van der Waals surface area contributed by atoms with E-state index in [4.69, 9.17) is 9.05 Å². The quantitative estimate of drug-likeness (QED) is 0.872. The van der Waals surface area contributed by atoms with Gasteiger partial charge >= 0.3 is 6.03 Å². The number of rotatable bonds is 6. The molecule has 24 heavy (non-hydrogen) atoms. The van der Waals surface area contributed by atoms with Crippen LogP contribution in [-0.4, -0.2) is 39.8 Å². The van der Waals surface area contributed by atoms with Crippen LogP contribution in [0.1, 0.15) is 54.8 Å². The molecule has 1 saturated carbocycles. The molecule has 0 aromatic carbocycles. The second-order valence-electron chi connectivity index (χ2n) is 6.30. The number of aryl methyl sites for hydroxylation is 1. The van der Waals surface area contributed by atoms with Crippen LogP contribution in [0.15, 0.2) is 15.1 Å². The molecule has 2 heterocycles. The average Bonchev–Trinajstić information content (AvgIpc) is 3.28. The fourth-order valence-corrected chi connectivity index (χ4v) is 2.92. The van der Waals surface area contributed by atoms with E-state index in [0.29, 0.717) is 37.0 Å². The first-order chi connectivity index (χ1) is 11.6. The average molecular weight is 333 g/mol. The van der Waals surface area contributed by atoms with Crippen LogP contribution in [0.4, 0.5) is 4.79 Å². The lowest BCUT2D eigenvalue weighted by Crippen LogP contribution is -2.37. The molecule has 2 aromatic heterocycles. The second-order valence-corrected chi connectivity index (χ2v) is 6.30. The summed E-state index contributed by atoms with van der Waals surface area (Å²) in [4.78, 5) is 18.0. The van der Waals surface area contributed by atoms with Gasteiger partial charge in [-0.3, -0.25) is 0 Å². The van der Waals surface area contributed by atoms with E-state index in [-0.39, 0.29) is 6.03 Å². The summed E-state index contributed by atoms with van der Waals surface area (Å²) in [6.07, 6.45) is 5.27. The predicted octanol–water partition coefficient (Wildman–Crippen LogP) is 2.41. The number of hydrogen-bond donors (Lipinski definition) is 1. The number of urea groups is 1. The van der Waals surface area contributed by atoms with Crippen LogP contribution in [0.5, 0.6) is 0 Å². The molecule has 0 spiro atoms. The van der Waals surface area contributed by atoms with Crippen molar-refractivity contribution >= 4 is 6.03 Å². The van der Waals surface area contributed by atoms with Crippen molar-refractivity contribution in [3.05, 3.63) is 29.2 Å². The number of carbonyl (C=O) groups is 1. The SMILES string of the molecule is Cc1cc(CN(C)C(=O)NCCc2noc(C3CCCC3)n2)on1. The first kappa shape index (κ1) is 16.5. The minimum atomic E-state index is -0.177. The summed E-state index contributed by atoms with van der Waals surface area (Å²) < 4.78 is 10.4. The zero-order chi connectivity index (χ0) is 16.9. The highest BCUT2D eigenvalue weighted by atomic mass is 16.5. The van der Waals surface area contributed by atoms with Crippen LogP contribution >= 0.6 is 0 Å². The lowest BCUT2D eigenvalue weighted by atomic mass is 10.1. The normalized spacial score (nSPS) is 14.9. The van der Waals surface area contributed by atoms with Gasteiger partial charge in [-0.05, 0) is 19.8 Å². The van der Waals surface area contributed by atoms with Gasteiger partial charge in [-0.25, -0.2) is 4.79 Å². The molecule has 130 valence electrons. The molecule has 0 bridgehead atoms. The molecule has 1 aliphatic carbocycles. The molecule has 2 aromatic rings. The molecule has 1 N–H and O–H groups in total. The smallest absolute Gasteiger partial charge is 0.317 e. The van der Waals surface area contributed by atoms with E-state index in [2.05, 4.69) is 20.6 Å². The van der Waals surface area contributed by atoms with E-state index < -0.39 is 0 Å². The molecule has 0 aliphatic heterocycles. The number of aromatic nitrogens is 3. The van der Waals surface area contributed by atoms with Gasteiger partial charge in [0.1, 0.15) is 0 Å². The van der Waals surface area contributed by atoms with Crippen molar-refractivity contribution in [3.8, 4) is 0 Å². The summed E-state index contributed by atoms with van der Waals surface area (Å²) in [5.74, 6) is 2.46. The van der Waals surface area contributed by atoms with Gasteiger partial charge in [-0.15, -0.1) is 0 Å². The fourth-order valence-electron chi connectivity index (χ4n) is 2.92. The molecule has 2 amide bonds. The molecule has 8 heteroatoms. The minimum absolute atomic E-state index is 0.177. The Morgan fingerprint density at radius 3 is 2.83 bits per heavy atom. The minimum Gasteiger partial charge on any atom is -0.359 e. The Morgan fingerprint density at radius 2 is 2.12 bits per heavy atom. The van der Waals surface area contributed by atoms with Gasteiger partial charge in [0.15, 0.2) is 11.6 Å². The van der Waals surface area contributed by atoms with Crippen molar-refractivity contribution in [2.75, 3.05) is 13.6 Å². The van der Waals surface area contributed by atoms with Gasteiger partial charge in [0, 0.05) is 32.0 Å². The Balaban J connectivity index is 1.41. The molecule has 8 nitrogen and oxygen atoms in total. The Kier molecular flexibility index (Phi) is 5.12. The summed E-state index contributed by atoms with van der Waals surface area (Å²) in [5, 5.41) is 10.6. The molecule has 3 rings (SSSR count). The van der Waals surface area contributed by atoms with Crippen molar-refractivity contribution < 1.29 is 13.8 Å². The Hall–Kier alpha value is -2.38. The van der Waals surface area contributed by atoms with Crippen LogP contribution in [0, 0.1) is 6.92 Å². The third-order valence-corrected chi connectivity index (χ3v) is 4.23. The Morgan fingerprint density at radius 1 is 1.33 bits per heavy atom. The van der Waals surface area contributed by atoms with Crippen molar-refractivity contribution in [1.82, 2.24) is 25.5 Å². The summed E-state index contributed by atoms with van der Waals surface area (Å²) in [5.41, 5.74) is 0.800. The van der Waals surface area contributed by atoms with Crippen LogP contribution in [0.2, 0.25) is 0 Å². The Bertz CT molecular complexity index is 675. The lowest BCUT2D eigenvalue weighted by Gasteiger charge is -2.15. The first-order valence-corrected chi connectivity index (χ1v) is 8.35. The predicted molar refractivity (Wildman–Crippen MR) is 85.3 cm³/mol. The number of amides is 2. The maximum Gasteiger partial charge on any atom is 0.317 e. The van der Waals surface area contributed by atoms with Gasteiger partial charge in [0.2, 0.25) is 5.89 Å². The second kappa shape index (κ2) is 7.46. The molecule has 0 atom stereocenters. The third-order valence-electron chi connectivity index (χ3n) is 4.23. The van der Waals surface area contributed by atoms with Crippen LogP contribution in [0.25, 0.3) is 0 Å². The Labute approximate surface area is 140 Å². The molecule has 0 unspecified atom stereocenters. The first-order valence-electron chi connectivity index (χ1n) is 8.35. The highest BCUT2D eigenvalue weighted by Crippen LogP contribution is 2.32. The van der Waals surface area contributed by atoms with E-state index >= 15 is 0 Å². The van der Waals surface area contributed by atoms with Crippen LogP contribution in [-0.2, 0) is 13.0 Å². The van der Waals surface area contributed by atoms with Crippen LogP contribution < -0.4 is 5.32 Å². The number of nitrogens with one attached hydrogen (secondary N) is 1. The topological polar surface area (TPSA) is 97.3 Å². The summed E-state index contributed by atoms with van der Waals surface area (Å²) in [6, 6.07) is 1.64. The van der Waals surface area contributed by atoms with Gasteiger partial charge in [0.05, 0.1) is 12.2 Å². The van der Waals surface area contributed by atoms with Gasteiger partial charge in [-0.1, -0.05) is 23.2 Å². The molecule has 1 aliphatic rings. The van der Waals surface area contributed by atoms with Gasteiger partial charge < -0.3 is 19.3 Å². The summed E-state index contributed by atoms with van der Waals surface area (Å²) >= 11 is 0. The summed E-state index contributed by atoms with van der Waals surface area (Å²) in [7, 11) is 1.71. The van der Waals surface area contributed by atoms with Crippen molar-refractivity contribution in [1.29, 1.82) is 0 Å². The van der Waals surface area contributed by atoms with Crippen molar-refractivity contribution in [2.45, 2.75) is 51.5 Å². The van der Waals surface area contributed by atoms with Crippen molar-refractivity contribution in [3.63, 3.8) is 0 Å². The van der Waals surface area contributed by atoms with E-state index in [1.165, 1.54) is 12.8 Å². The van der Waals surface area contributed by atoms with E-state index in [9.17, 15) is 4.79 Å². The van der Waals surface area contributed by atoms with E-state index in [0.717, 1.165) is 24.4 Å². The number of carbonyl (C=O) groups excluding carboxylic acids is 1. The van der Waals surface area contributed by atoms with Gasteiger partial charge in [-0.2, -0.15) is 4.98 Å². The summed E-state index contributed by atoms with van der Waals surface area (Å²) in [6.45, 7) is 2.68. The number of hydrogen-bond acceptors (Lipinski definition) is 6. The highest BCUT2D eigenvalue weighted by Gasteiger charge is 2.22. The molecule has 0 saturated heterocycles. The lowest BCUT2D eigenvalue weighted by molar-refractivity contribution is 0.201. The van der Waals surface area contributed by atoms with Crippen LogP contribution in [0.3, 0.4) is 0 Å². The zero-order valence-corrected chi connectivity index (χ0v) is 14.1. The van der Waals surface area contributed by atoms with E-state index in [1.807, 2.05) is 13.0 Å². The molecular weight excluding hydrogens is 310 g/mol. The fraction of sp³-hybridized carbons (Fsp3) is 0.625. The molecule has 1 fully saturated rings. The largest absolute Gasteiger partial charge is 0.359 e. The molecule has 0 radical (unpaired) electrons. The number of nitrogens with zero attached hydrogens (tertiary/aromatic N) is 4. The third kappa shape index (κ3) is 4.12. The van der Waals surface area contributed by atoms with E-state index in [1.54, 1.807) is 11.9 Å². The zero-order valence-electron chi connectivity index (χ0n) is 14.1. The monoisotopic (exact) mass is 333 g/mol.